The van der Waals surface area contributed by atoms with Crippen molar-refractivity contribution >= 4 is 12.0 Å². The summed E-state index contributed by atoms with van der Waals surface area (Å²) < 4.78 is 6.31. The third kappa shape index (κ3) is 6.28. The molecule has 0 bridgehead atoms. The van der Waals surface area contributed by atoms with Gasteiger partial charge in [0.15, 0.2) is 0 Å². The summed E-state index contributed by atoms with van der Waals surface area (Å²) in [6.07, 6.45) is 1.18. The van der Waals surface area contributed by atoms with Crippen LogP contribution in [-0.2, 0) is 10.4 Å². The average molecular weight is 526 g/mol. The van der Waals surface area contributed by atoms with Gasteiger partial charge in [-0.3, -0.25) is 4.79 Å². The Morgan fingerprint density at radius 1 is 1.13 bits per heavy atom. The van der Waals surface area contributed by atoms with Gasteiger partial charge in [-0.1, -0.05) is 36.4 Å². The number of ether oxygens (including phenoxy) is 1. The van der Waals surface area contributed by atoms with Gasteiger partial charge in [0.25, 0.3) is 0 Å². The molecule has 9 heteroatoms. The molecule has 1 saturated heterocycles. The first-order valence-corrected chi connectivity index (χ1v) is 13.4. The predicted molar refractivity (Wildman–Crippen MR) is 143 cm³/mol. The van der Waals surface area contributed by atoms with E-state index in [0.717, 1.165) is 12.0 Å². The number of aryl methyl sites for hydroxylation is 1. The van der Waals surface area contributed by atoms with Crippen molar-refractivity contribution < 1.29 is 29.6 Å². The second-order valence-electron chi connectivity index (χ2n) is 10.6. The molecule has 1 aliphatic heterocycles. The summed E-state index contributed by atoms with van der Waals surface area (Å²) in [6.45, 7) is 3.11. The van der Waals surface area contributed by atoms with E-state index < -0.39 is 23.8 Å². The molecule has 1 heterocycles. The molecule has 0 spiro atoms. The second kappa shape index (κ2) is 12.1. The molecule has 2 unspecified atom stereocenters. The van der Waals surface area contributed by atoms with Crippen molar-refractivity contribution in [3.05, 3.63) is 59.7 Å². The zero-order valence-corrected chi connectivity index (χ0v) is 21.9. The van der Waals surface area contributed by atoms with Gasteiger partial charge in [0.2, 0.25) is 5.91 Å². The predicted octanol–water partition coefficient (Wildman–Crippen LogP) is 3.36. The van der Waals surface area contributed by atoms with E-state index in [-0.39, 0.29) is 24.3 Å². The van der Waals surface area contributed by atoms with Crippen molar-refractivity contribution in [1.82, 2.24) is 10.2 Å². The van der Waals surface area contributed by atoms with Crippen LogP contribution in [0.3, 0.4) is 0 Å². The molecule has 38 heavy (non-hydrogen) atoms. The minimum absolute atomic E-state index is 0.0268. The smallest absolute Gasteiger partial charge is 0.404 e. The van der Waals surface area contributed by atoms with Crippen LogP contribution >= 0.6 is 0 Å². The number of nitrogens with zero attached hydrogens (tertiary/aromatic N) is 1. The number of likely N-dealkylation sites (tertiary alicyclic amines) is 1. The molecule has 1 aliphatic carbocycles. The number of carbonyl (C=O) groups excluding carboxylic acids is 1. The maximum absolute atomic E-state index is 13.4. The number of amides is 2. The Labute approximate surface area is 223 Å². The Hall–Kier alpha value is -3.14. The van der Waals surface area contributed by atoms with E-state index >= 15 is 0 Å². The Kier molecular flexibility index (Phi) is 8.91. The van der Waals surface area contributed by atoms with E-state index in [1.807, 2.05) is 55.5 Å². The normalized spacial score (nSPS) is 25.0. The fourth-order valence-corrected chi connectivity index (χ4v) is 5.89. The summed E-state index contributed by atoms with van der Waals surface area (Å²) in [4.78, 5) is 26.2. The van der Waals surface area contributed by atoms with E-state index in [0.29, 0.717) is 62.3 Å². The number of carbonyl (C=O) groups is 2. The first kappa shape index (κ1) is 27.9. The van der Waals surface area contributed by atoms with Crippen LogP contribution in [0.15, 0.2) is 48.5 Å². The third-order valence-electron chi connectivity index (χ3n) is 8.01. The number of rotatable bonds is 9. The lowest BCUT2D eigenvalue weighted by Crippen LogP contribution is -2.49. The minimum atomic E-state index is -1.36. The van der Waals surface area contributed by atoms with E-state index in [1.54, 1.807) is 4.90 Å². The number of hydrogen-bond acceptors (Lipinski definition) is 6. The minimum Gasteiger partial charge on any atom is -0.465 e. The number of nitrogens with one attached hydrogen (secondary N) is 1. The van der Waals surface area contributed by atoms with E-state index in [2.05, 4.69) is 5.32 Å². The van der Waals surface area contributed by atoms with Crippen molar-refractivity contribution in [1.29, 1.82) is 0 Å². The van der Waals surface area contributed by atoms with Crippen LogP contribution in [0.2, 0.25) is 0 Å². The maximum Gasteiger partial charge on any atom is 0.404 e. The maximum atomic E-state index is 13.4. The number of nitrogens with two attached hydrogens (primary N) is 1. The molecule has 5 atom stereocenters. The van der Waals surface area contributed by atoms with Gasteiger partial charge in [0.1, 0.15) is 11.5 Å². The molecule has 2 aromatic rings. The molecule has 9 nitrogen and oxygen atoms in total. The molecule has 206 valence electrons. The molecule has 6 N–H and O–H groups in total. The monoisotopic (exact) mass is 525 g/mol. The summed E-state index contributed by atoms with van der Waals surface area (Å²) >= 11 is 0. The Morgan fingerprint density at radius 2 is 1.84 bits per heavy atom. The molecule has 1 saturated carbocycles. The van der Waals surface area contributed by atoms with E-state index in [9.17, 15) is 19.8 Å². The van der Waals surface area contributed by atoms with Gasteiger partial charge in [0, 0.05) is 43.1 Å². The van der Waals surface area contributed by atoms with Crippen LogP contribution in [0.5, 0.6) is 11.5 Å². The quantitative estimate of drug-likeness (QED) is 0.316. The van der Waals surface area contributed by atoms with Crippen LogP contribution in [0, 0.1) is 18.8 Å². The topological polar surface area (TPSA) is 145 Å². The van der Waals surface area contributed by atoms with Crippen molar-refractivity contribution in [2.75, 3.05) is 19.6 Å². The number of piperidine rings is 1. The zero-order valence-electron chi connectivity index (χ0n) is 21.9. The van der Waals surface area contributed by atoms with E-state index in [4.69, 9.17) is 15.6 Å². The third-order valence-corrected chi connectivity index (χ3v) is 8.01. The number of hydrogen-bond donors (Lipinski definition) is 5. The standard InChI is InChI=1S/C29H39N3O6/c1-19-8-2-4-11-25(19)38-26-12-5-3-10-22(26)29(37,13-7-14-31-28(35)36)21-9-6-15-32(18-21)27(34)20-16-23(30)24(33)17-20/h2-5,8,10-12,20-21,23-24,31,33,37H,6-7,9,13-18,30H2,1H3,(H,35,36)/t20-,21?,23+,24-,29?/m0/s1. The number of aliphatic hydroxyl groups excluding tert-OH is 1. The fraction of sp³-hybridized carbons (Fsp3) is 0.517. The van der Waals surface area contributed by atoms with Crippen LogP contribution < -0.4 is 15.8 Å². The van der Waals surface area contributed by atoms with Crippen molar-refractivity contribution in [2.24, 2.45) is 17.6 Å². The van der Waals surface area contributed by atoms with Crippen LogP contribution in [0.1, 0.15) is 49.7 Å². The summed E-state index contributed by atoms with van der Waals surface area (Å²) in [7, 11) is 0. The lowest BCUT2D eigenvalue weighted by molar-refractivity contribution is -0.141. The van der Waals surface area contributed by atoms with Gasteiger partial charge in [-0.2, -0.15) is 0 Å². The van der Waals surface area contributed by atoms with Crippen LogP contribution in [-0.4, -0.2) is 64.0 Å². The van der Waals surface area contributed by atoms with Crippen LogP contribution in [0.25, 0.3) is 0 Å². The zero-order chi connectivity index (χ0) is 27.3. The molecule has 2 aromatic carbocycles. The average Bonchev–Trinajstić information content (AvgIpc) is 3.25. The molecule has 0 aromatic heterocycles. The SMILES string of the molecule is Cc1ccccc1Oc1ccccc1C(O)(CCCNC(=O)O)C1CCCN(C(=O)[C@H]2C[C@@H](N)[C@@H](O)C2)C1. The van der Waals surface area contributed by atoms with Gasteiger partial charge in [-0.05, 0) is 63.1 Å². The van der Waals surface area contributed by atoms with Gasteiger partial charge < -0.3 is 36.0 Å². The highest BCUT2D eigenvalue weighted by Gasteiger charge is 2.44. The van der Waals surface area contributed by atoms with Gasteiger partial charge in [-0.25, -0.2) is 4.79 Å². The van der Waals surface area contributed by atoms with E-state index in [1.165, 1.54) is 0 Å². The lowest BCUT2D eigenvalue weighted by Gasteiger charge is -2.44. The molecule has 4 rings (SSSR count). The number of aliphatic hydroxyl groups is 2. The first-order valence-electron chi connectivity index (χ1n) is 13.4. The van der Waals surface area contributed by atoms with Gasteiger partial charge >= 0.3 is 6.09 Å². The fourth-order valence-electron chi connectivity index (χ4n) is 5.89. The summed E-state index contributed by atoms with van der Waals surface area (Å²) in [5.41, 5.74) is 6.19. The summed E-state index contributed by atoms with van der Waals surface area (Å²) in [5.74, 6) is 0.589. The van der Waals surface area contributed by atoms with Gasteiger partial charge in [-0.15, -0.1) is 0 Å². The Morgan fingerprint density at radius 3 is 2.53 bits per heavy atom. The summed E-state index contributed by atoms with van der Waals surface area (Å²) in [6, 6.07) is 14.7. The number of carboxylic acid groups (broad SMARTS) is 1. The molecule has 2 amide bonds. The van der Waals surface area contributed by atoms with Gasteiger partial charge in [0.05, 0.1) is 11.7 Å². The highest BCUT2D eigenvalue weighted by Crippen LogP contribution is 2.44. The van der Waals surface area contributed by atoms with Crippen LogP contribution in [0.4, 0.5) is 4.79 Å². The summed E-state index contributed by atoms with van der Waals surface area (Å²) in [5, 5.41) is 33.9. The molecular formula is C29H39N3O6. The number of para-hydroxylation sites is 2. The first-order chi connectivity index (χ1) is 18.2. The Bertz CT molecular complexity index is 1120. The second-order valence-corrected chi connectivity index (χ2v) is 10.6. The highest BCUT2D eigenvalue weighted by atomic mass is 16.5. The molecule has 2 aliphatic rings. The molecular weight excluding hydrogens is 486 g/mol. The number of benzene rings is 2. The van der Waals surface area contributed by atoms with Crippen molar-refractivity contribution in [3.63, 3.8) is 0 Å². The van der Waals surface area contributed by atoms with Crippen molar-refractivity contribution in [2.45, 2.75) is 63.2 Å². The Balaban J connectivity index is 1.61. The largest absolute Gasteiger partial charge is 0.465 e. The molecule has 2 fully saturated rings. The molecule has 0 radical (unpaired) electrons. The highest BCUT2D eigenvalue weighted by molar-refractivity contribution is 5.79. The lowest BCUT2D eigenvalue weighted by atomic mass is 9.73. The van der Waals surface area contributed by atoms with Crippen molar-refractivity contribution in [3.8, 4) is 11.5 Å².